The maximum atomic E-state index is 12.3. The van der Waals surface area contributed by atoms with Crippen molar-refractivity contribution in [2.75, 3.05) is 11.9 Å². The van der Waals surface area contributed by atoms with Gasteiger partial charge in [0, 0.05) is 28.9 Å². The van der Waals surface area contributed by atoms with Crippen LogP contribution in [0.25, 0.3) is 0 Å². The molecular formula is C30H28N4O5. The number of aliphatic hydroxyl groups is 1. The van der Waals surface area contributed by atoms with E-state index in [1.165, 1.54) is 24.5 Å². The maximum absolute atomic E-state index is 12.3. The van der Waals surface area contributed by atoms with Crippen molar-refractivity contribution < 1.29 is 24.7 Å². The molecule has 0 saturated heterocycles. The number of amides is 3. The number of aliphatic hydroxyl groups excluding tert-OH is 1. The Hall–Kier alpha value is -4.93. The molecule has 0 spiro atoms. The van der Waals surface area contributed by atoms with E-state index in [0.29, 0.717) is 17.8 Å². The molecule has 0 saturated carbocycles. The van der Waals surface area contributed by atoms with Gasteiger partial charge in [0.15, 0.2) is 0 Å². The molecule has 0 aliphatic rings. The first-order chi connectivity index (χ1) is 18.9. The summed E-state index contributed by atoms with van der Waals surface area (Å²) in [4.78, 5) is 36.0. The van der Waals surface area contributed by atoms with Crippen molar-refractivity contribution in [1.82, 2.24) is 16.1 Å². The number of nitrogens with one attached hydrogen (secondary N) is 4. The standard InChI is InChI=1S/C30H28N4O5/c1-21(35)28(30(38)34-39)33-29(37)25-15-11-22(12-16-25)7-5-6-8-23-13-17-26(18-14-23)32-27(36)20-31-19-24-9-3-2-4-10-24/h2-4,9-18,21,28,31,35,39H,19-20H2,1H3,(H,32,36)(H,33,37)(H,34,38). The predicted molar refractivity (Wildman–Crippen MR) is 146 cm³/mol. The second-order valence-corrected chi connectivity index (χ2v) is 8.46. The van der Waals surface area contributed by atoms with Crippen LogP contribution in [-0.2, 0) is 16.1 Å². The molecule has 9 heteroatoms. The minimum absolute atomic E-state index is 0.141. The third kappa shape index (κ3) is 9.47. The zero-order valence-corrected chi connectivity index (χ0v) is 21.2. The summed E-state index contributed by atoms with van der Waals surface area (Å²) >= 11 is 0. The molecule has 3 aromatic carbocycles. The molecule has 3 aromatic rings. The minimum atomic E-state index is -1.30. The Kier molecular flexibility index (Phi) is 10.8. The second kappa shape index (κ2) is 14.7. The highest BCUT2D eigenvalue weighted by molar-refractivity contribution is 5.97. The molecule has 0 bridgehead atoms. The lowest BCUT2D eigenvalue weighted by Crippen LogP contribution is -2.51. The topological polar surface area (TPSA) is 140 Å². The van der Waals surface area contributed by atoms with Crippen LogP contribution in [0.2, 0.25) is 0 Å². The molecule has 2 unspecified atom stereocenters. The SMILES string of the molecule is CC(O)C(NC(=O)c1ccc(C#CC#Cc2ccc(NC(=O)CNCc3ccccc3)cc2)cc1)C(=O)NO. The predicted octanol–water partition coefficient (Wildman–Crippen LogP) is 1.80. The molecule has 3 rings (SSSR count). The third-order valence-corrected chi connectivity index (χ3v) is 5.41. The van der Waals surface area contributed by atoms with Gasteiger partial charge in [-0.1, -0.05) is 42.2 Å². The lowest BCUT2D eigenvalue weighted by molar-refractivity contribution is -0.133. The Bertz CT molecular complexity index is 1400. The van der Waals surface area contributed by atoms with Gasteiger partial charge < -0.3 is 21.1 Å². The maximum Gasteiger partial charge on any atom is 0.268 e. The highest BCUT2D eigenvalue weighted by Gasteiger charge is 2.25. The van der Waals surface area contributed by atoms with Crippen molar-refractivity contribution in [2.24, 2.45) is 0 Å². The van der Waals surface area contributed by atoms with Crippen molar-refractivity contribution in [3.8, 4) is 23.7 Å². The number of carbonyl (C=O) groups excluding carboxylic acids is 3. The molecule has 9 nitrogen and oxygen atoms in total. The monoisotopic (exact) mass is 524 g/mol. The number of hydrogen-bond donors (Lipinski definition) is 6. The van der Waals surface area contributed by atoms with Gasteiger partial charge in [0.2, 0.25) is 5.91 Å². The summed E-state index contributed by atoms with van der Waals surface area (Å²) in [6, 6.07) is 21.9. The van der Waals surface area contributed by atoms with Crippen LogP contribution in [0.4, 0.5) is 5.69 Å². The molecule has 0 fully saturated rings. The first-order valence-corrected chi connectivity index (χ1v) is 12.0. The fourth-order valence-corrected chi connectivity index (χ4v) is 3.37. The van der Waals surface area contributed by atoms with Crippen LogP contribution >= 0.6 is 0 Å². The summed E-state index contributed by atoms with van der Waals surface area (Å²) < 4.78 is 0. The highest BCUT2D eigenvalue weighted by atomic mass is 16.5. The van der Waals surface area contributed by atoms with Crippen LogP contribution in [0.1, 0.15) is 34.0 Å². The Morgan fingerprint density at radius 1 is 0.846 bits per heavy atom. The molecule has 0 heterocycles. The summed E-state index contributed by atoms with van der Waals surface area (Å²) in [7, 11) is 0. The first kappa shape index (κ1) is 28.6. The smallest absolute Gasteiger partial charge is 0.268 e. The Balaban J connectivity index is 1.48. The van der Waals surface area contributed by atoms with Gasteiger partial charge in [-0.15, -0.1) is 0 Å². The summed E-state index contributed by atoms with van der Waals surface area (Å²) in [5.74, 6) is 9.67. The number of benzene rings is 3. The second-order valence-electron chi connectivity index (χ2n) is 8.46. The van der Waals surface area contributed by atoms with E-state index < -0.39 is 24.0 Å². The zero-order valence-electron chi connectivity index (χ0n) is 21.2. The Morgan fingerprint density at radius 2 is 1.44 bits per heavy atom. The van der Waals surface area contributed by atoms with Crippen molar-refractivity contribution >= 4 is 23.4 Å². The normalized spacial score (nSPS) is 11.5. The number of hydrogen-bond acceptors (Lipinski definition) is 6. The minimum Gasteiger partial charge on any atom is -0.391 e. The van der Waals surface area contributed by atoms with E-state index in [-0.39, 0.29) is 18.0 Å². The summed E-state index contributed by atoms with van der Waals surface area (Å²) in [5.41, 5.74) is 4.79. The van der Waals surface area contributed by atoms with E-state index in [2.05, 4.69) is 39.6 Å². The molecule has 6 N–H and O–H groups in total. The van der Waals surface area contributed by atoms with Gasteiger partial charge in [0.05, 0.1) is 12.6 Å². The molecule has 198 valence electrons. The van der Waals surface area contributed by atoms with Crippen molar-refractivity contribution in [3.05, 3.63) is 101 Å². The van der Waals surface area contributed by atoms with Gasteiger partial charge in [-0.25, -0.2) is 5.48 Å². The van der Waals surface area contributed by atoms with Gasteiger partial charge in [0.25, 0.3) is 11.8 Å². The van der Waals surface area contributed by atoms with Crippen LogP contribution in [-0.4, -0.2) is 46.7 Å². The van der Waals surface area contributed by atoms with Crippen LogP contribution in [0.15, 0.2) is 78.9 Å². The average Bonchev–Trinajstić information content (AvgIpc) is 2.95. The molecule has 0 aliphatic carbocycles. The number of anilines is 1. The number of carbonyl (C=O) groups is 3. The molecule has 0 aromatic heterocycles. The van der Waals surface area contributed by atoms with Crippen molar-refractivity contribution in [2.45, 2.75) is 25.6 Å². The van der Waals surface area contributed by atoms with Gasteiger partial charge in [-0.2, -0.15) is 0 Å². The fraction of sp³-hybridized carbons (Fsp3) is 0.167. The van der Waals surface area contributed by atoms with Gasteiger partial charge >= 0.3 is 0 Å². The van der Waals surface area contributed by atoms with Gasteiger partial charge in [-0.3, -0.25) is 19.6 Å². The molecule has 0 aliphatic heterocycles. The van der Waals surface area contributed by atoms with E-state index in [0.717, 1.165) is 11.1 Å². The average molecular weight is 525 g/mol. The Labute approximate surface area is 226 Å². The molecule has 2 atom stereocenters. The number of rotatable bonds is 9. The van der Waals surface area contributed by atoms with Gasteiger partial charge in [0.1, 0.15) is 6.04 Å². The van der Waals surface area contributed by atoms with Crippen LogP contribution < -0.4 is 21.4 Å². The van der Waals surface area contributed by atoms with Crippen LogP contribution in [0.5, 0.6) is 0 Å². The summed E-state index contributed by atoms with van der Waals surface area (Å²) in [6.45, 7) is 2.12. The highest BCUT2D eigenvalue weighted by Crippen LogP contribution is 2.09. The quantitative estimate of drug-likeness (QED) is 0.143. The van der Waals surface area contributed by atoms with Crippen molar-refractivity contribution in [3.63, 3.8) is 0 Å². The largest absolute Gasteiger partial charge is 0.391 e. The lowest BCUT2D eigenvalue weighted by Gasteiger charge is -2.19. The third-order valence-electron chi connectivity index (χ3n) is 5.41. The van der Waals surface area contributed by atoms with Crippen LogP contribution in [0, 0.1) is 23.7 Å². The number of hydroxylamine groups is 1. The van der Waals surface area contributed by atoms with Gasteiger partial charge in [-0.05, 0) is 72.9 Å². The van der Waals surface area contributed by atoms with E-state index in [1.807, 2.05) is 30.3 Å². The lowest BCUT2D eigenvalue weighted by atomic mass is 10.1. The Morgan fingerprint density at radius 3 is 2.00 bits per heavy atom. The molecule has 0 radical (unpaired) electrons. The fourth-order valence-electron chi connectivity index (χ4n) is 3.37. The molecule has 3 amide bonds. The van der Waals surface area contributed by atoms with E-state index in [9.17, 15) is 19.5 Å². The molecular weight excluding hydrogens is 496 g/mol. The van der Waals surface area contributed by atoms with E-state index in [4.69, 9.17) is 5.21 Å². The van der Waals surface area contributed by atoms with E-state index in [1.54, 1.807) is 36.4 Å². The summed E-state index contributed by atoms with van der Waals surface area (Å²) in [5, 5.41) is 26.7. The summed E-state index contributed by atoms with van der Waals surface area (Å²) in [6.07, 6.45) is -1.20. The van der Waals surface area contributed by atoms with E-state index >= 15 is 0 Å². The first-order valence-electron chi connectivity index (χ1n) is 12.0. The zero-order chi connectivity index (χ0) is 28.0. The van der Waals surface area contributed by atoms with Crippen LogP contribution in [0.3, 0.4) is 0 Å². The van der Waals surface area contributed by atoms with Crippen molar-refractivity contribution in [1.29, 1.82) is 0 Å². The molecule has 39 heavy (non-hydrogen) atoms.